The summed E-state index contributed by atoms with van der Waals surface area (Å²) in [6, 6.07) is 1.99. The molecule has 2 aromatic rings. The quantitative estimate of drug-likeness (QED) is 0.635. The smallest absolute Gasteiger partial charge is 0.226 e. The number of rotatable bonds is 0. The lowest BCUT2D eigenvalue weighted by Gasteiger charge is -2.50. The summed E-state index contributed by atoms with van der Waals surface area (Å²) in [6.45, 7) is 13.5. The summed E-state index contributed by atoms with van der Waals surface area (Å²) in [5, 5.41) is 0. The molecular formula is C19H18BrN3O. The maximum atomic E-state index is 12.7. The zero-order chi connectivity index (χ0) is 17.3. The molecule has 24 heavy (non-hydrogen) atoms. The Morgan fingerprint density at radius 2 is 2.17 bits per heavy atom. The second-order valence-electron chi connectivity index (χ2n) is 7.58. The Hall–Kier alpha value is -1.93. The van der Waals surface area contributed by atoms with Crippen LogP contribution in [-0.2, 0) is 16.6 Å². The molecule has 2 heterocycles. The fourth-order valence-electron chi connectivity index (χ4n) is 4.65. The van der Waals surface area contributed by atoms with Crippen molar-refractivity contribution in [2.45, 2.75) is 39.0 Å². The molecule has 0 saturated carbocycles. The Balaban J connectivity index is 2.03. The van der Waals surface area contributed by atoms with Crippen molar-refractivity contribution < 1.29 is 4.79 Å². The van der Waals surface area contributed by atoms with Gasteiger partial charge in [-0.3, -0.25) is 0 Å². The molecular weight excluding hydrogens is 366 g/mol. The van der Waals surface area contributed by atoms with Gasteiger partial charge in [0, 0.05) is 23.2 Å². The zero-order valence-corrected chi connectivity index (χ0v) is 15.5. The molecule has 0 radical (unpaired) electrons. The number of allylic oxidation sites excluding steroid dienone is 2. The van der Waals surface area contributed by atoms with Gasteiger partial charge in [-0.1, -0.05) is 26.8 Å². The van der Waals surface area contributed by atoms with Gasteiger partial charge in [0.05, 0.1) is 16.7 Å². The molecule has 0 unspecified atom stereocenters. The number of Topliss-reactive ketones (excluding diaryl/α,β-unsaturated/α-hetero) is 1. The van der Waals surface area contributed by atoms with Crippen LogP contribution in [0.15, 0.2) is 34.7 Å². The van der Waals surface area contributed by atoms with Crippen molar-refractivity contribution in [3.05, 3.63) is 57.4 Å². The number of hydrogen-bond acceptors (Lipinski definition) is 2. The van der Waals surface area contributed by atoms with E-state index in [0.29, 0.717) is 0 Å². The molecule has 2 aromatic heterocycles. The van der Waals surface area contributed by atoms with E-state index >= 15 is 0 Å². The first-order valence-corrected chi connectivity index (χ1v) is 8.90. The van der Waals surface area contributed by atoms with Gasteiger partial charge in [0.25, 0.3) is 0 Å². The number of halogens is 1. The third kappa shape index (κ3) is 1.83. The maximum Gasteiger partial charge on any atom is 0.226 e. The molecule has 2 atom stereocenters. The normalized spacial score (nSPS) is 28.0. The van der Waals surface area contributed by atoms with Crippen molar-refractivity contribution in [2.75, 3.05) is 0 Å². The fourth-order valence-corrected chi connectivity index (χ4v) is 5.06. The lowest BCUT2D eigenvalue weighted by atomic mass is 9.53. The van der Waals surface area contributed by atoms with E-state index in [4.69, 9.17) is 11.6 Å². The summed E-state index contributed by atoms with van der Waals surface area (Å²) in [5.41, 5.74) is 2.40. The van der Waals surface area contributed by atoms with Gasteiger partial charge in [0.1, 0.15) is 0 Å². The van der Waals surface area contributed by atoms with Crippen LogP contribution in [0.2, 0.25) is 0 Å². The molecule has 2 aliphatic carbocycles. The summed E-state index contributed by atoms with van der Waals surface area (Å²) in [5.74, 6) is 0.118. The van der Waals surface area contributed by atoms with Gasteiger partial charge in [-0.2, -0.15) is 0 Å². The number of carbonyl (C=O) groups excluding carboxylic acids is 1. The van der Waals surface area contributed by atoms with E-state index in [1.165, 1.54) is 5.56 Å². The number of aryl methyl sites for hydroxylation is 1. The number of hydrogen-bond donors (Lipinski definition) is 0. The van der Waals surface area contributed by atoms with Gasteiger partial charge in [-0.25, -0.2) is 9.83 Å². The summed E-state index contributed by atoms with van der Waals surface area (Å²) >= 11 is 3.56. The number of ketones is 1. The molecule has 5 heteroatoms. The van der Waals surface area contributed by atoms with Gasteiger partial charge >= 0.3 is 0 Å². The number of carbonyl (C=O) groups is 1. The van der Waals surface area contributed by atoms with Crippen molar-refractivity contribution in [3.8, 4) is 0 Å². The largest absolute Gasteiger partial charge is 0.307 e. The van der Waals surface area contributed by atoms with E-state index in [0.717, 1.165) is 28.7 Å². The average molecular weight is 384 g/mol. The van der Waals surface area contributed by atoms with Crippen LogP contribution in [0, 0.1) is 17.9 Å². The topological polar surface area (TPSA) is 38.7 Å². The Morgan fingerprint density at radius 3 is 2.88 bits per heavy atom. The summed E-state index contributed by atoms with van der Waals surface area (Å²) < 4.78 is 2.99. The SMILES string of the molecule is [C-]#[N+]C1=C[C@]2(C)c3nc4c(Br)ccn4cc3CC[C@H]2C(C)(C)C1=O. The summed E-state index contributed by atoms with van der Waals surface area (Å²) in [6.07, 6.45) is 7.84. The van der Waals surface area contributed by atoms with Crippen LogP contribution in [-0.4, -0.2) is 15.2 Å². The van der Waals surface area contributed by atoms with Crippen molar-refractivity contribution >= 4 is 27.4 Å². The second kappa shape index (κ2) is 4.80. The highest BCUT2D eigenvalue weighted by atomic mass is 79.9. The number of nitrogens with zero attached hydrogens (tertiary/aromatic N) is 3. The fraction of sp³-hybridized carbons (Fsp3) is 0.421. The van der Waals surface area contributed by atoms with Gasteiger partial charge in [-0.05, 0) is 46.3 Å². The molecule has 0 spiro atoms. The second-order valence-corrected chi connectivity index (χ2v) is 8.43. The van der Waals surface area contributed by atoms with Crippen molar-refractivity contribution in [1.29, 1.82) is 0 Å². The van der Waals surface area contributed by atoms with Crippen molar-refractivity contribution in [1.82, 2.24) is 9.38 Å². The van der Waals surface area contributed by atoms with E-state index in [1.54, 1.807) is 0 Å². The zero-order valence-electron chi connectivity index (χ0n) is 13.9. The van der Waals surface area contributed by atoms with Crippen molar-refractivity contribution in [2.24, 2.45) is 11.3 Å². The lowest BCUT2D eigenvalue weighted by molar-refractivity contribution is -0.128. The standard InChI is InChI=1S/C19H18BrN3O/c1-18(2)14-6-5-11-10-23-8-7-12(20)17(23)22-15(11)19(14,3)9-13(21-4)16(18)24/h7-10,14H,5-6H2,1-3H3/t14-,19-/m0/s1. The first-order chi connectivity index (χ1) is 11.3. The molecule has 0 aromatic carbocycles. The Bertz CT molecular complexity index is 963. The Morgan fingerprint density at radius 1 is 1.42 bits per heavy atom. The highest BCUT2D eigenvalue weighted by molar-refractivity contribution is 9.10. The van der Waals surface area contributed by atoms with Gasteiger partial charge < -0.3 is 9.20 Å². The first-order valence-electron chi connectivity index (χ1n) is 8.10. The third-order valence-corrected chi connectivity index (χ3v) is 6.46. The van der Waals surface area contributed by atoms with Crippen LogP contribution in [0.5, 0.6) is 0 Å². The highest BCUT2D eigenvalue weighted by Crippen LogP contribution is 2.54. The Kier molecular flexibility index (Phi) is 3.11. The van der Waals surface area contributed by atoms with Crippen LogP contribution in [0.25, 0.3) is 10.5 Å². The number of aromatic nitrogens is 2. The molecule has 122 valence electrons. The summed E-state index contributed by atoms with van der Waals surface area (Å²) in [4.78, 5) is 21.2. The van der Waals surface area contributed by atoms with Crippen LogP contribution < -0.4 is 0 Å². The predicted molar refractivity (Wildman–Crippen MR) is 95.5 cm³/mol. The summed E-state index contributed by atoms with van der Waals surface area (Å²) in [7, 11) is 0. The number of fused-ring (bicyclic) bond motifs is 4. The van der Waals surface area contributed by atoms with E-state index in [-0.39, 0.29) is 17.4 Å². The molecule has 2 aliphatic rings. The minimum absolute atomic E-state index is 0.0339. The molecule has 0 fully saturated rings. The molecule has 0 bridgehead atoms. The maximum absolute atomic E-state index is 12.7. The van der Waals surface area contributed by atoms with Gasteiger partial charge in [-0.15, -0.1) is 0 Å². The first kappa shape index (κ1) is 15.6. The molecule has 0 aliphatic heterocycles. The van der Waals surface area contributed by atoms with Crippen LogP contribution >= 0.6 is 15.9 Å². The van der Waals surface area contributed by atoms with Crippen LogP contribution in [0.3, 0.4) is 0 Å². The van der Waals surface area contributed by atoms with Crippen LogP contribution in [0.4, 0.5) is 0 Å². The predicted octanol–water partition coefficient (Wildman–Crippen LogP) is 4.33. The van der Waals surface area contributed by atoms with E-state index in [2.05, 4.69) is 33.9 Å². The highest BCUT2D eigenvalue weighted by Gasteiger charge is 2.54. The van der Waals surface area contributed by atoms with Crippen LogP contribution in [0.1, 0.15) is 38.4 Å². The molecule has 0 N–H and O–H groups in total. The van der Waals surface area contributed by atoms with E-state index < -0.39 is 10.8 Å². The van der Waals surface area contributed by atoms with Gasteiger partial charge in [0.2, 0.25) is 5.70 Å². The minimum Gasteiger partial charge on any atom is -0.307 e. The minimum atomic E-state index is -0.548. The third-order valence-electron chi connectivity index (χ3n) is 5.84. The van der Waals surface area contributed by atoms with E-state index in [9.17, 15) is 4.79 Å². The van der Waals surface area contributed by atoms with E-state index in [1.807, 2.05) is 36.6 Å². The average Bonchev–Trinajstić information content (AvgIpc) is 2.90. The molecule has 4 rings (SSSR count). The lowest BCUT2D eigenvalue weighted by Crippen LogP contribution is -2.51. The molecule has 0 saturated heterocycles. The Labute approximate surface area is 149 Å². The van der Waals surface area contributed by atoms with Crippen molar-refractivity contribution in [3.63, 3.8) is 0 Å². The van der Waals surface area contributed by atoms with Gasteiger partial charge in [0.15, 0.2) is 11.4 Å². The molecule has 4 nitrogen and oxygen atoms in total. The monoisotopic (exact) mass is 383 g/mol. The molecule has 0 amide bonds.